The summed E-state index contributed by atoms with van der Waals surface area (Å²) in [6.45, 7) is 1.84. The molecule has 4 rings (SSSR count). The van der Waals surface area contributed by atoms with E-state index in [1.807, 2.05) is 61.7 Å². The van der Waals surface area contributed by atoms with E-state index in [0.717, 1.165) is 10.0 Å². The molecule has 0 aliphatic carbocycles. The van der Waals surface area contributed by atoms with Crippen molar-refractivity contribution >= 4 is 39.3 Å². The lowest BCUT2D eigenvalue weighted by Gasteiger charge is -2.32. The van der Waals surface area contributed by atoms with Crippen LogP contribution in [0.25, 0.3) is 11.3 Å². The number of aromatic amines is 1. The monoisotopic (exact) mass is 457 g/mol. The van der Waals surface area contributed by atoms with Crippen LogP contribution in [0.15, 0.2) is 63.0 Å². The molecule has 0 saturated carbocycles. The molecule has 0 radical (unpaired) electrons. The molecule has 8 heteroatoms. The van der Waals surface area contributed by atoms with Gasteiger partial charge in [0.25, 0.3) is 6.17 Å². The molecule has 28 heavy (non-hydrogen) atoms. The number of amides is 1. The molecule has 142 valence electrons. The van der Waals surface area contributed by atoms with Crippen molar-refractivity contribution in [1.29, 1.82) is 0 Å². The first-order valence-electron chi connectivity index (χ1n) is 8.82. The SMILES string of the molecule is CCC(=O)N1c2ccccc2-c2c(=O)[nH]c(SC)n[n+]2[C@@H]1c1ccc(Br)cc1. The first-order chi connectivity index (χ1) is 13.5. The van der Waals surface area contributed by atoms with Crippen LogP contribution < -0.4 is 15.1 Å². The fourth-order valence-corrected chi connectivity index (χ4v) is 4.07. The number of fused-ring (bicyclic) bond motifs is 3. The maximum Gasteiger partial charge on any atom is 0.325 e. The van der Waals surface area contributed by atoms with Gasteiger partial charge in [0.15, 0.2) is 0 Å². The van der Waals surface area contributed by atoms with Gasteiger partial charge >= 0.3 is 11.3 Å². The van der Waals surface area contributed by atoms with Crippen LogP contribution in [0.3, 0.4) is 0 Å². The molecule has 1 aliphatic rings. The second-order valence-corrected chi connectivity index (χ2v) is 8.03. The summed E-state index contributed by atoms with van der Waals surface area (Å²) in [4.78, 5) is 30.5. The minimum Gasteiger partial charge on any atom is -0.291 e. The molecule has 0 unspecified atom stereocenters. The van der Waals surface area contributed by atoms with Gasteiger partial charge in [0.2, 0.25) is 11.1 Å². The number of nitrogens with zero attached hydrogens (tertiary/aromatic N) is 3. The Morgan fingerprint density at radius 1 is 1.25 bits per heavy atom. The van der Waals surface area contributed by atoms with E-state index in [9.17, 15) is 9.59 Å². The maximum atomic E-state index is 13.0. The Morgan fingerprint density at radius 3 is 2.64 bits per heavy atom. The Balaban J connectivity index is 2.08. The third kappa shape index (κ3) is 3.06. The molecular weight excluding hydrogens is 440 g/mol. The first-order valence-corrected chi connectivity index (χ1v) is 10.8. The number of rotatable bonds is 3. The number of hydrogen-bond acceptors (Lipinski definition) is 4. The van der Waals surface area contributed by atoms with Crippen molar-refractivity contribution in [3.63, 3.8) is 0 Å². The summed E-state index contributed by atoms with van der Waals surface area (Å²) in [7, 11) is 0. The average molecular weight is 458 g/mol. The van der Waals surface area contributed by atoms with E-state index >= 15 is 0 Å². The third-order valence-electron chi connectivity index (χ3n) is 4.69. The lowest BCUT2D eigenvalue weighted by atomic mass is 10.0. The van der Waals surface area contributed by atoms with Gasteiger partial charge < -0.3 is 0 Å². The van der Waals surface area contributed by atoms with Crippen LogP contribution in [0, 0.1) is 0 Å². The Labute approximate surface area is 174 Å². The average Bonchev–Trinajstić information content (AvgIpc) is 2.72. The van der Waals surface area contributed by atoms with Crippen LogP contribution in [0.4, 0.5) is 5.69 Å². The standard InChI is InChI=1S/C20H17BrN4O2S/c1-3-16(26)24-15-7-5-4-6-14(15)17-18(27)22-20(28-2)23-25(17)19(24)12-8-10-13(21)11-9-12/h4-11,19H,3H2,1-2H3/p+1/t19-/m1/s1. The zero-order valence-corrected chi connectivity index (χ0v) is 17.8. The van der Waals surface area contributed by atoms with Crippen LogP contribution in [-0.2, 0) is 4.79 Å². The summed E-state index contributed by atoms with van der Waals surface area (Å²) in [5.74, 6) is -0.0358. The number of aromatic nitrogens is 3. The van der Waals surface area contributed by atoms with E-state index < -0.39 is 6.17 Å². The van der Waals surface area contributed by atoms with Crippen LogP contribution >= 0.6 is 27.7 Å². The van der Waals surface area contributed by atoms with Gasteiger partial charge in [-0.25, -0.2) is 4.90 Å². The van der Waals surface area contributed by atoms with Crippen LogP contribution in [0.5, 0.6) is 0 Å². The van der Waals surface area contributed by atoms with Gasteiger partial charge in [-0.2, -0.15) is 0 Å². The van der Waals surface area contributed by atoms with Crippen molar-refractivity contribution < 1.29 is 9.48 Å². The predicted octanol–water partition coefficient (Wildman–Crippen LogP) is 3.51. The highest BCUT2D eigenvalue weighted by Crippen LogP contribution is 2.37. The smallest absolute Gasteiger partial charge is 0.291 e. The predicted molar refractivity (Wildman–Crippen MR) is 112 cm³/mol. The fourth-order valence-electron chi connectivity index (χ4n) is 3.44. The van der Waals surface area contributed by atoms with E-state index in [1.165, 1.54) is 11.8 Å². The summed E-state index contributed by atoms with van der Waals surface area (Å²) in [5.41, 5.74) is 2.50. The molecule has 1 aromatic heterocycles. The van der Waals surface area contributed by atoms with Gasteiger partial charge in [-0.1, -0.05) is 46.7 Å². The molecule has 3 aromatic rings. The second-order valence-electron chi connectivity index (χ2n) is 6.32. The van der Waals surface area contributed by atoms with E-state index in [0.29, 0.717) is 28.5 Å². The quantitative estimate of drug-likeness (QED) is 0.482. The fraction of sp³-hybridized carbons (Fsp3) is 0.200. The van der Waals surface area contributed by atoms with Gasteiger partial charge in [-0.05, 0) is 47.3 Å². The number of nitrogens with one attached hydrogen (secondary N) is 1. The highest BCUT2D eigenvalue weighted by molar-refractivity contribution is 9.10. The number of halogens is 1. The van der Waals surface area contributed by atoms with E-state index in [1.54, 1.807) is 9.58 Å². The molecule has 0 spiro atoms. The van der Waals surface area contributed by atoms with E-state index in [2.05, 4.69) is 26.0 Å². The highest BCUT2D eigenvalue weighted by atomic mass is 79.9. The molecule has 1 N–H and O–H groups in total. The number of carbonyl (C=O) groups is 1. The molecule has 1 amide bonds. The number of thioether (sulfide) groups is 1. The van der Waals surface area contributed by atoms with Crippen molar-refractivity contribution in [2.45, 2.75) is 24.7 Å². The Kier molecular flexibility index (Phi) is 5.07. The Bertz CT molecular complexity index is 1110. The van der Waals surface area contributed by atoms with Crippen molar-refractivity contribution in [2.24, 2.45) is 0 Å². The first kappa shape index (κ1) is 18.9. The van der Waals surface area contributed by atoms with Gasteiger partial charge in [0.1, 0.15) is 0 Å². The van der Waals surface area contributed by atoms with Crippen LogP contribution in [-0.4, -0.2) is 22.2 Å². The zero-order valence-electron chi connectivity index (χ0n) is 15.3. The summed E-state index contributed by atoms with van der Waals surface area (Å²) < 4.78 is 2.61. The number of hydrogen-bond donors (Lipinski definition) is 1. The van der Waals surface area contributed by atoms with Gasteiger partial charge in [0, 0.05) is 21.6 Å². The van der Waals surface area contributed by atoms with Crippen molar-refractivity contribution in [2.75, 3.05) is 11.2 Å². The van der Waals surface area contributed by atoms with Crippen molar-refractivity contribution in [3.05, 3.63) is 68.9 Å². The second kappa shape index (κ2) is 7.52. The largest absolute Gasteiger partial charge is 0.325 e. The molecule has 1 aliphatic heterocycles. The van der Waals surface area contributed by atoms with Crippen LogP contribution in [0.1, 0.15) is 25.1 Å². The normalized spacial score (nSPS) is 15.1. The maximum absolute atomic E-state index is 13.0. The topological polar surface area (TPSA) is 69.9 Å². The Morgan fingerprint density at radius 2 is 1.96 bits per heavy atom. The minimum absolute atomic E-state index is 0.0358. The van der Waals surface area contributed by atoms with E-state index in [-0.39, 0.29) is 11.5 Å². The third-order valence-corrected chi connectivity index (χ3v) is 5.79. The molecule has 0 bridgehead atoms. The summed E-state index contributed by atoms with van der Waals surface area (Å²) in [5, 5.41) is 5.16. The van der Waals surface area contributed by atoms with Gasteiger partial charge in [-0.15, -0.1) is 0 Å². The molecule has 1 atom stereocenters. The Hall–Kier alpha value is -2.45. The minimum atomic E-state index is -0.543. The molecule has 0 fully saturated rings. The molecule has 0 saturated heterocycles. The number of benzene rings is 2. The number of H-pyrrole nitrogens is 1. The van der Waals surface area contributed by atoms with Crippen molar-refractivity contribution in [1.82, 2.24) is 10.1 Å². The molecule has 6 nitrogen and oxygen atoms in total. The van der Waals surface area contributed by atoms with E-state index in [4.69, 9.17) is 0 Å². The lowest BCUT2D eigenvalue weighted by Crippen LogP contribution is -2.60. The summed E-state index contributed by atoms with van der Waals surface area (Å²) in [6, 6.07) is 15.2. The summed E-state index contributed by atoms with van der Waals surface area (Å²) in [6.07, 6.45) is 1.65. The summed E-state index contributed by atoms with van der Waals surface area (Å²) >= 11 is 4.81. The molecular formula is C20H18BrN4O2S+. The molecule has 2 aromatic carbocycles. The number of carbonyl (C=O) groups excluding carboxylic acids is 1. The van der Waals surface area contributed by atoms with Gasteiger partial charge in [-0.3, -0.25) is 14.6 Å². The van der Waals surface area contributed by atoms with Gasteiger partial charge in [0.05, 0.1) is 11.3 Å². The van der Waals surface area contributed by atoms with Crippen molar-refractivity contribution in [3.8, 4) is 11.3 Å². The number of anilines is 1. The van der Waals surface area contributed by atoms with Crippen LogP contribution in [0.2, 0.25) is 0 Å². The number of para-hydroxylation sites is 1. The molecule has 2 heterocycles. The zero-order chi connectivity index (χ0) is 19.8. The highest BCUT2D eigenvalue weighted by Gasteiger charge is 2.45. The lowest BCUT2D eigenvalue weighted by molar-refractivity contribution is -0.763.